The van der Waals surface area contributed by atoms with Crippen LogP contribution in [0.25, 0.3) is 10.9 Å². The SMILES string of the molecule is C=C(Br)CNC(=O)c1cc2ccc(OCC)cc2[nH]1. The molecule has 100 valence electrons. The van der Waals surface area contributed by atoms with Gasteiger partial charge in [-0.05, 0) is 25.1 Å². The van der Waals surface area contributed by atoms with E-state index < -0.39 is 0 Å². The molecule has 19 heavy (non-hydrogen) atoms. The minimum Gasteiger partial charge on any atom is -0.494 e. The number of carbonyl (C=O) groups excluding carboxylic acids is 1. The van der Waals surface area contributed by atoms with Crippen molar-refractivity contribution in [3.05, 3.63) is 41.0 Å². The molecule has 2 rings (SSSR count). The maximum Gasteiger partial charge on any atom is 0.268 e. The average molecular weight is 323 g/mol. The Bertz CT molecular complexity index is 619. The predicted octanol–water partition coefficient (Wildman–Crippen LogP) is 3.21. The Morgan fingerprint density at radius 2 is 2.26 bits per heavy atom. The molecule has 1 heterocycles. The van der Waals surface area contributed by atoms with Gasteiger partial charge in [-0.15, -0.1) is 0 Å². The summed E-state index contributed by atoms with van der Waals surface area (Å²) in [6.07, 6.45) is 0. The van der Waals surface area contributed by atoms with Gasteiger partial charge >= 0.3 is 0 Å². The lowest BCUT2D eigenvalue weighted by molar-refractivity contribution is 0.0953. The monoisotopic (exact) mass is 322 g/mol. The first kappa shape index (κ1) is 13.7. The van der Waals surface area contributed by atoms with Gasteiger partial charge in [-0.2, -0.15) is 0 Å². The number of amides is 1. The van der Waals surface area contributed by atoms with Crippen molar-refractivity contribution in [3.63, 3.8) is 0 Å². The lowest BCUT2D eigenvalue weighted by Crippen LogP contribution is -2.24. The second-order valence-corrected chi connectivity index (χ2v) is 5.19. The molecule has 1 aromatic heterocycles. The number of halogens is 1. The van der Waals surface area contributed by atoms with E-state index in [1.165, 1.54) is 0 Å². The van der Waals surface area contributed by atoms with Crippen molar-refractivity contribution >= 4 is 32.7 Å². The molecule has 1 amide bonds. The zero-order valence-corrected chi connectivity index (χ0v) is 12.2. The number of hydrogen-bond donors (Lipinski definition) is 2. The number of rotatable bonds is 5. The third-order valence-corrected chi connectivity index (χ3v) is 2.87. The standard InChI is InChI=1S/C14H15BrN2O2/c1-3-19-11-5-4-10-6-13(17-12(10)7-11)14(18)16-8-9(2)15/h4-7,17H,2-3,8H2,1H3,(H,16,18). The van der Waals surface area contributed by atoms with Crippen LogP contribution in [0.15, 0.2) is 35.3 Å². The molecule has 0 spiro atoms. The largest absolute Gasteiger partial charge is 0.494 e. The molecule has 0 aliphatic carbocycles. The predicted molar refractivity (Wildman–Crippen MR) is 79.9 cm³/mol. The molecule has 0 saturated heterocycles. The Morgan fingerprint density at radius 3 is 2.95 bits per heavy atom. The van der Waals surface area contributed by atoms with Gasteiger partial charge < -0.3 is 15.0 Å². The van der Waals surface area contributed by atoms with Crippen LogP contribution in [0.4, 0.5) is 0 Å². The van der Waals surface area contributed by atoms with Crippen LogP contribution in [0, 0.1) is 0 Å². The summed E-state index contributed by atoms with van der Waals surface area (Å²) in [6.45, 7) is 6.63. The molecule has 2 N–H and O–H groups in total. The van der Waals surface area contributed by atoms with Gasteiger partial charge in [-0.25, -0.2) is 0 Å². The van der Waals surface area contributed by atoms with Crippen LogP contribution >= 0.6 is 15.9 Å². The van der Waals surface area contributed by atoms with Crippen LogP contribution in [0.1, 0.15) is 17.4 Å². The fourth-order valence-electron chi connectivity index (χ4n) is 1.76. The summed E-state index contributed by atoms with van der Waals surface area (Å²) in [4.78, 5) is 15.0. The first-order valence-electron chi connectivity index (χ1n) is 5.97. The summed E-state index contributed by atoms with van der Waals surface area (Å²) >= 11 is 3.20. The summed E-state index contributed by atoms with van der Waals surface area (Å²) in [5, 5.41) is 3.73. The number of aromatic nitrogens is 1. The molecule has 0 unspecified atom stereocenters. The Hall–Kier alpha value is -1.75. The van der Waals surface area contributed by atoms with Crippen molar-refractivity contribution in [2.75, 3.05) is 13.2 Å². The van der Waals surface area contributed by atoms with Crippen molar-refractivity contribution in [1.82, 2.24) is 10.3 Å². The summed E-state index contributed by atoms with van der Waals surface area (Å²) < 4.78 is 6.16. The number of benzene rings is 1. The molecule has 5 heteroatoms. The highest BCUT2D eigenvalue weighted by atomic mass is 79.9. The van der Waals surface area contributed by atoms with E-state index in [-0.39, 0.29) is 5.91 Å². The maximum absolute atomic E-state index is 11.9. The highest BCUT2D eigenvalue weighted by Gasteiger charge is 2.09. The van der Waals surface area contributed by atoms with Gasteiger partial charge in [0.1, 0.15) is 11.4 Å². The van der Waals surface area contributed by atoms with Crippen molar-refractivity contribution in [2.24, 2.45) is 0 Å². The molecule has 0 aliphatic heterocycles. The van der Waals surface area contributed by atoms with E-state index in [4.69, 9.17) is 4.74 Å². The highest BCUT2D eigenvalue weighted by Crippen LogP contribution is 2.21. The quantitative estimate of drug-likeness (QED) is 0.888. The normalized spacial score (nSPS) is 10.4. The summed E-state index contributed by atoms with van der Waals surface area (Å²) in [5.41, 5.74) is 1.41. The summed E-state index contributed by atoms with van der Waals surface area (Å²) in [5.74, 6) is 0.632. The molecule has 0 radical (unpaired) electrons. The highest BCUT2D eigenvalue weighted by molar-refractivity contribution is 9.11. The van der Waals surface area contributed by atoms with Crippen molar-refractivity contribution in [2.45, 2.75) is 6.92 Å². The second kappa shape index (κ2) is 5.93. The van der Waals surface area contributed by atoms with Crippen molar-refractivity contribution in [1.29, 1.82) is 0 Å². The molecule has 1 aromatic carbocycles. The molecular weight excluding hydrogens is 308 g/mol. The molecule has 4 nitrogen and oxygen atoms in total. The molecule has 0 bridgehead atoms. The lowest BCUT2D eigenvalue weighted by atomic mass is 10.2. The third-order valence-electron chi connectivity index (χ3n) is 2.59. The smallest absolute Gasteiger partial charge is 0.268 e. The fraction of sp³-hybridized carbons (Fsp3) is 0.214. The number of fused-ring (bicyclic) bond motifs is 1. The second-order valence-electron chi connectivity index (χ2n) is 4.07. The number of aromatic amines is 1. The summed E-state index contributed by atoms with van der Waals surface area (Å²) in [6, 6.07) is 7.52. The van der Waals surface area contributed by atoms with E-state index in [1.807, 2.05) is 31.2 Å². The topological polar surface area (TPSA) is 54.1 Å². The van der Waals surface area contributed by atoms with Crippen LogP contribution in [-0.4, -0.2) is 24.0 Å². The minimum absolute atomic E-state index is 0.158. The molecule has 2 aromatic rings. The maximum atomic E-state index is 11.9. The molecule has 0 fully saturated rings. The fourth-order valence-corrected chi connectivity index (χ4v) is 1.90. The van der Waals surface area contributed by atoms with Gasteiger partial charge in [0.15, 0.2) is 0 Å². The summed E-state index contributed by atoms with van der Waals surface area (Å²) in [7, 11) is 0. The lowest BCUT2D eigenvalue weighted by Gasteiger charge is -2.01. The van der Waals surface area contributed by atoms with Gasteiger partial charge in [-0.1, -0.05) is 22.5 Å². The average Bonchev–Trinajstić information content (AvgIpc) is 2.79. The zero-order chi connectivity index (χ0) is 13.8. The first-order valence-corrected chi connectivity index (χ1v) is 6.76. The van der Waals surface area contributed by atoms with E-state index in [1.54, 1.807) is 0 Å². The molecule has 0 aliphatic rings. The van der Waals surface area contributed by atoms with E-state index in [0.717, 1.165) is 21.1 Å². The number of carbonyl (C=O) groups is 1. The Morgan fingerprint density at radius 1 is 1.47 bits per heavy atom. The van der Waals surface area contributed by atoms with E-state index in [0.29, 0.717) is 18.8 Å². The zero-order valence-electron chi connectivity index (χ0n) is 10.6. The van der Waals surface area contributed by atoms with Gasteiger partial charge in [0.2, 0.25) is 0 Å². The van der Waals surface area contributed by atoms with Gasteiger partial charge in [0.05, 0.1) is 6.61 Å². The number of nitrogens with one attached hydrogen (secondary N) is 2. The Balaban J connectivity index is 2.21. The van der Waals surface area contributed by atoms with Crippen LogP contribution in [-0.2, 0) is 0 Å². The molecule has 0 saturated carbocycles. The van der Waals surface area contributed by atoms with Crippen LogP contribution in [0.3, 0.4) is 0 Å². The first-order chi connectivity index (χ1) is 9.10. The minimum atomic E-state index is -0.158. The number of ether oxygens (including phenoxy) is 1. The van der Waals surface area contributed by atoms with Gasteiger partial charge in [-0.3, -0.25) is 4.79 Å². The van der Waals surface area contributed by atoms with Crippen LogP contribution in [0.5, 0.6) is 5.75 Å². The van der Waals surface area contributed by atoms with Crippen LogP contribution in [0.2, 0.25) is 0 Å². The molecular formula is C14H15BrN2O2. The number of H-pyrrole nitrogens is 1. The van der Waals surface area contributed by atoms with Crippen molar-refractivity contribution < 1.29 is 9.53 Å². The van der Waals surface area contributed by atoms with E-state index >= 15 is 0 Å². The van der Waals surface area contributed by atoms with Crippen molar-refractivity contribution in [3.8, 4) is 5.75 Å². The van der Waals surface area contributed by atoms with E-state index in [9.17, 15) is 4.79 Å². The number of hydrogen-bond acceptors (Lipinski definition) is 2. The van der Waals surface area contributed by atoms with Crippen LogP contribution < -0.4 is 10.1 Å². The van der Waals surface area contributed by atoms with Gasteiger partial charge in [0.25, 0.3) is 5.91 Å². The Kier molecular flexibility index (Phi) is 4.27. The van der Waals surface area contributed by atoms with E-state index in [2.05, 4.69) is 32.8 Å². The molecule has 0 atom stereocenters. The third kappa shape index (κ3) is 3.38. The Labute approximate surface area is 120 Å². The van der Waals surface area contributed by atoms with Gasteiger partial charge in [0, 0.05) is 28.0 Å².